The van der Waals surface area contributed by atoms with E-state index in [-0.39, 0.29) is 0 Å². The third-order valence-corrected chi connectivity index (χ3v) is 6.16. The van der Waals surface area contributed by atoms with Gasteiger partial charge in [-0.25, -0.2) is 9.97 Å². The van der Waals surface area contributed by atoms with Crippen molar-refractivity contribution < 1.29 is 0 Å². The van der Waals surface area contributed by atoms with E-state index < -0.39 is 0 Å². The number of nitrogens with zero attached hydrogens (tertiary/aromatic N) is 4. The Kier molecular flexibility index (Phi) is 4.75. The number of hydrogen-bond donors (Lipinski definition) is 0. The van der Waals surface area contributed by atoms with Crippen LogP contribution in [0.15, 0.2) is 65.8 Å². The van der Waals surface area contributed by atoms with Gasteiger partial charge in [0, 0.05) is 28.0 Å². The van der Waals surface area contributed by atoms with E-state index in [9.17, 15) is 0 Å². The SMILES string of the molecule is C=C/C=C(\N=C)c1cc2sccc2c(-c2sc(-c3cccnc3)nc2C)n1. The van der Waals surface area contributed by atoms with Gasteiger partial charge in [0.25, 0.3) is 0 Å². The summed E-state index contributed by atoms with van der Waals surface area (Å²) in [6.45, 7) is 9.44. The molecule has 0 unspecified atom stereocenters. The van der Waals surface area contributed by atoms with Crippen LogP contribution >= 0.6 is 22.7 Å². The van der Waals surface area contributed by atoms with Gasteiger partial charge in [0.15, 0.2) is 0 Å². The summed E-state index contributed by atoms with van der Waals surface area (Å²) in [5, 5.41) is 4.14. The highest BCUT2D eigenvalue weighted by Crippen LogP contribution is 2.39. The lowest BCUT2D eigenvalue weighted by atomic mass is 10.1. The van der Waals surface area contributed by atoms with E-state index >= 15 is 0 Å². The van der Waals surface area contributed by atoms with Crippen molar-refractivity contribution in [2.45, 2.75) is 6.92 Å². The molecule has 27 heavy (non-hydrogen) atoms. The van der Waals surface area contributed by atoms with Gasteiger partial charge in [-0.2, -0.15) is 0 Å². The molecule has 0 aliphatic carbocycles. The highest BCUT2D eigenvalue weighted by molar-refractivity contribution is 7.19. The van der Waals surface area contributed by atoms with E-state index in [1.807, 2.05) is 37.4 Å². The molecular formula is C21H16N4S2. The molecule has 4 aromatic heterocycles. The van der Waals surface area contributed by atoms with Gasteiger partial charge in [-0.15, -0.1) is 22.7 Å². The van der Waals surface area contributed by atoms with Gasteiger partial charge in [-0.1, -0.05) is 12.7 Å². The standard InChI is InChI=1S/C21H16N4S2/c1-4-6-16(22-3)17-11-18-15(8-10-26-18)19(25-17)20-13(2)24-21(27-20)14-7-5-9-23-12-14/h4-12H,1,3H2,2H3/b16-6-. The third kappa shape index (κ3) is 3.25. The smallest absolute Gasteiger partial charge is 0.125 e. The largest absolute Gasteiger partial charge is 0.264 e. The molecule has 0 amide bonds. The Morgan fingerprint density at radius 2 is 2.15 bits per heavy atom. The third-order valence-electron chi connectivity index (χ3n) is 4.08. The van der Waals surface area contributed by atoms with Crippen molar-refractivity contribution in [3.63, 3.8) is 0 Å². The fraction of sp³-hybridized carbons (Fsp3) is 0.0476. The van der Waals surface area contributed by atoms with Gasteiger partial charge in [0.05, 0.1) is 27.7 Å². The zero-order valence-electron chi connectivity index (χ0n) is 14.7. The fourth-order valence-electron chi connectivity index (χ4n) is 2.83. The van der Waals surface area contributed by atoms with Crippen LogP contribution in [0.1, 0.15) is 11.4 Å². The Morgan fingerprint density at radius 1 is 1.26 bits per heavy atom. The molecule has 0 aromatic carbocycles. The molecule has 6 heteroatoms. The Labute approximate surface area is 165 Å². The van der Waals surface area contributed by atoms with E-state index in [4.69, 9.17) is 9.97 Å². The number of rotatable bonds is 5. The lowest BCUT2D eigenvalue weighted by Crippen LogP contribution is -1.91. The van der Waals surface area contributed by atoms with Crippen LogP contribution in [-0.4, -0.2) is 21.7 Å². The number of aromatic nitrogens is 3. The van der Waals surface area contributed by atoms with Crippen LogP contribution in [-0.2, 0) is 0 Å². The van der Waals surface area contributed by atoms with Crippen molar-refractivity contribution in [1.82, 2.24) is 15.0 Å². The molecule has 0 fully saturated rings. The molecular weight excluding hydrogens is 372 g/mol. The van der Waals surface area contributed by atoms with Crippen molar-refractivity contribution >= 4 is 45.2 Å². The monoisotopic (exact) mass is 388 g/mol. The molecule has 0 aliphatic rings. The molecule has 4 nitrogen and oxygen atoms in total. The molecule has 0 radical (unpaired) electrons. The number of aryl methyl sites for hydroxylation is 1. The van der Waals surface area contributed by atoms with E-state index in [2.05, 4.69) is 34.7 Å². The Hall–Kier alpha value is -2.96. The Morgan fingerprint density at radius 3 is 2.89 bits per heavy atom. The zero-order valence-corrected chi connectivity index (χ0v) is 16.3. The van der Waals surface area contributed by atoms with Crippen LogP contribution in [0.5, 0.6) is 0 Å². The topological polar surface area (TPSA) is 51.0 Å². The first-order valence-corrected chi connectivity index (χ1v) is 9.97. The van der Waals surface area contributed by atoms with Crippen molar-refractivity contribution in [3.05, 3.63) is 72.2 Å². The fourth-order valence-corrected chi connectivity index (χ4v) is 4.71. The average molecular weight is 389 g/mol. The van der Waals surface area contributed by atoms with Gasteiger partial charge in [-0.3, -0.25) is 9.98 Å². The predicted molar refractivity (Wildman–Crippen MR) is 116 cm³/mol. The molecule has 0 N–H and O–H groups in total. The number of pyridine rings is 2. The van der Waals surface area contributed by atoms with Crippen molar-refractivity contribution in [3.8, 4) is 21.1 Å². The van der Waals surface area contributed by atoms with E-state index in [1.165, 1.54) is 0 Å². The van der Waals surface area contributed by atoms with Crippen LogP contribution in [0, 0.1) is 6.92 Å². The van der Waals surface area contributed by atoms with Gasteiger partial charge in [0.1, 0.15) is 5.01 Å². The van der Waals surface area contributed by atoms with Crippen LogP contribution < -0.4 is 0 Å². The minimum absolute atomic E-state index is 0.705. The van der Waals surface area contributed by atoms with Gasteiger partial charge in [0.2, 0.25) is 0 Å². The summed E-state index contributed by atoms with van der Waals surface area (Å²) >= 11 is 3.31. The number of aliphatic imine (C=N–C) groups is 1. The number of hydrogen-bond acceptors (Lipinski definition) is 6. The van der Waals surface area contributed by atoms with Crippen LogP contribution in [0.3, 0.4) is 0 Å². The summed E-state index contributed by atoms with van der Waals surface area (Å²) in [6, 6.07) is 8.09. The van der Waals surface area contributed by atoms with E-state index in [1.54, 1.807) is 34.9 Å². The second-order valence-electron chi connectivity index (χ2n) is 5.81. The minimum atomic E-state index is 0.705. The lowest BCUT2D eigenvalue weighted by molar-refractivity contribution is 1.23. The highest BCUT2D eigenvalue weighted by Gasteiger charge is 2.17. The molecule has 4 rings (SSSR count). The molecule has 0 aliphatic heterocycles. The number of thiophene rings is 1. The quantitative estimate of drug-likeness (QED) is 0.310. The molecule has 4 aromatic rings. The molecule has 0 atom stereocenters. The average Bonchev–Trinajstić information content (AvgIpc) is 3.32. The summed E-state index contributed by atoms with van der Waals surface area (Å²) in [6.07, 6.45) is 7.11. The molecule has 0 saturated carbocycles. The number of allylic oxidation sites excluding steroid dienone is 2. The normalized spacial score (nSPS) is 11.7. The summed E-state index contributed by atoms with van der Waals surface area (Å²) < 4.78 is 1.16. The maximum absolute atomic E-state index is 4.91. The summed E-state index contributed by atoms with van der Waals surface area (Å²) in [5.41, 5.74) is 4.38. The summed E-state index contributed by atoms with van der Waals surface area (Å²) in [4.78, 5) is 19.0. The zero-order chi connectivity index (χ0) is 18.8. The van der Waals surface area contributed by atoms with Gasteiger partial charge >= 0.3 is 0 Å². The number of thiazole rings is 1. The first-order valence-electron chi connectivity index (χ1n) is 8.27. The van der Waals surface area contributed by atoms with Gasteiger partial charge < -0.3 is 0 Å². The molecule has 0 spiro atoms. The summed E-state index contributed by atoms with van der Waals surface area (Å²) in [7, 11) is 0. The van der Waals surface area contributed by atoms with Crippen LogP contribution in [0.4, 0.5) is 0 Å². The number of fused-ring (bicyclic) bond motifs is 1. The second-order valence-corrected chi connectivity index (χ2v) is 7.76. The molecule has 0 bridgehead atoms. The predicted octanol–water partition coefficient (Wildman–Crippen LogP) is 6.02. The second kappa shape index (κ2) is 7.34. The summed E-state index contributed by atoms with van der Waals surface area (Å²) in [5.74, 6) is 0. The minimum Gasteiger partial charge on any atom is -0.264 e. The first kappa shape index (κ1) is 17.5. The Balaban J connectivity index is 1.93. The van der Waals surface area contributed by atoms with Crippen molar-refractivity contribution in [2.75, 3.05) is 0 Å². The van der Waals surface area contributed by atoms with Crippen LogP contribution in [0.25, 0.3) is 36.9 Å². The molecule has 0 saturated heterocycles. The van der Waals surface area contributed by atoms with Crippen LogP contribution in [0.2, 0.25) is 0 Å². The lowest BCUT2D eigenvalue weighted by Gasteiger charge is -2.06. The van der Waals surface area contributed by atoms with Crippen molar-refractivity contribution in [1.29, 1.82) is 0 Å². The van der Waals surface area contributed by atoms with Gasteiger partial charge in [-0.05, 0) is 49.4 Å². The molecule has 4 heterocycles. The molecule has 132 valence electrons. The first-order chi connectivity index (χ1) is 13.2. The highest BCUT2D eigenvalue weighted by atomic mass is 32.1. The van der Waals surface area contributed by atoms with E-state index in [0.717, 1.165) is 42.6 Å². The van der Waals surface area contributed by atoms with Crippen molar-refractivity contribution in [2.24, 2.45) is 4.99 Å². The Bertz CT molecular complexity index is 1170. The maximum Gasteiger partial charge on any atom is 0.125 e. The van der Waals surface area contributed by atoms with E-state index in [0.29, 0.717) is 5.70 Å². The maximum atomic E-state index is 4.91.